The smallest absolute Gasteiger partial charge is 0.234 e. The number of methoxy groups -OCH3 is 1. The maximum Gasteiger partial charge on any atom is 0.234 e. The predicted octanol–water partition coefficient (Wildman–Crippen LogP) is 5.32. The van der Waals surface area contributed by atoms with Gasteiger partial charge in [0.1, 0.15) is 23.9 Å². The molecule has 51 heavy (non-hydrogen) atoms. The Kier molecular flexibility index (Phi) is 10.2. The fourth-order valence-electron chi connectivity index (χ4n) is 7.48. The first kappa shape index (κ1) is 35.6. The summed E-state index contributed by atoms with van der Waals surface area (Å²) in [6.07, 6.45) is 6.12. The number of aromatic nitrogens is 3. The van der Waals surface area contributed by atoms with Crippen molar-refractivity contribution in [1.29, 1.82) is 5.26 Å². The Hall–Kier alpha value is -3.81. The molecule has 5 heterocycles. The molecular weight excluding hydrogens is 754 g/mol. The molecule has 0 aliphatic carbocycles. The van der Waals surface area contributed by atoms with Crippen LogP contribution in [-0.4, -0.2) is 74.1 Å². The molecule has 0 spiro atoms. The largest absolute Gasteiger partial charge is 0.497 e. The lowest BCUT2D eigenvalue weighted by atomic mass is 9.87. The Labute approximate surface area is 314 Å². The molecule has 2 aromatic carbocycles. The summed E-state index contributed by atoms with van der Waals surface area (Å²) < 4.78 is 13.7. The SMILES string of the molecule is COc1ccc(C2(N(NC3CC(C)N(CC(N)=O)C(c4ccc(Br)cc4)C3)c3ccc(Cl)cn3)OC2(c2ccncn2)N2CSCC2C#N)cc1. The third-order valence-electron chi connectivity index (χ3n) is 9.82. The van der Waals surface area contributed by atoms with Gasteiger partial charge in [-0.05, 0) is 67.8 Å². The number of nitrogens with two attached hydrogens (primary N) is 1. The molecule has 3 aliphatic heterocycles. The first-order chi connectivity index (χ1) is 24.7. The summed E-state index contributed by atoms with van der Waals surface area (Å²) in [5.74, 6) is 2.01. The van der Waals surface area contributed by atoms with Gasteiger partial charge < -0.3 is 15.2 Å². The number of anilines is 1. The molecule has 15 heteroatoms. The summed E-state index contributed by atoms with van der Waals surface area (Å²) in [4.78, 5) is 30.3. The molecule has 7 rings (SSSR count). The number of rotatable bonds is 11. The summed E-state index contributed by atoms with van der Waals surface area (Å²) in [5, 5.41) is 12.9. The van der Waals surface area contributed by atoms with Crippen LogP contribution in [0.1, 0.15) is 42.6 Å². The number of halogens is 2. The molecule has 1 amide bonds. The second kappa shape index (κ2) is 14.7. The molecular formula is C36H37BrClN9O3S. The van der Waals surface area contributed by atoms with Crippen molar-refractivity contribution >= 4 is 51.0 Å². The van der Waals surface area contributed by atoms with E-state index in [9.17, 15) is 10.1 Å². The van der Waals surface area contributed by atoms with Gasteiger partial charge >= 0.3 is 0 Å². The van der Waals surface area contributed by atoms with Crippen molar-refractivity contribution in [2.75, 3.05) is 30.3 Å². The number of piperidine rings is 1. The van der Waals surface area contributed by atoms with E-state index in [1.165, 1.54) is 6.33 Å². The molecule has 6 unspecified atom stereocenters. The number of hydrazine groups is 1. The number of hydrogen-bond donors (Lipinski definition) is 2. The van der Waals surface area contributed by atoms with E-state index in [0.29, 0.717) is 46.8 Å². The first-order valence-corrected chi connectivity index (χ1v) is 18.9. The number of likely N-dealkylation sites (tertiary alicyclic amines) is 1. The summed E-state index contributed by atoms with van der Waals surface area (Å²) in [6, 6.07) is 23.2. The Balaban J connectivity index is 1.38. The quantitative estimate of drug-likeness (QED) is 0.150. The highest BCUT2D eigenvalue weighted by molar-refractivity contribution is 9.10. The number of primary amides is 1. The summed E-state index contributed by atoms with van der Waals surface area (Å²) >= 11 is 11.6. The average molecular weight is 791 g/mol. The predicted molar refractivity (Wildman–Crippen MR) is 198 cm³/mol. The van der Waals surface area contributed by atoms with Crippen LogP contribution in [0, 0.1) is 11.3 Å². The van der Waals surface area contributed by atoms with E-state index in [1.807, 2.05) is 53.5 Å². The van der Waals surface area contributed by atoms with Crippen LogP contribution in [-0.2, 0) is 21.0 Å². The lowest BCUT2D eigenvalue weighted by Gasteiger charge is -2.46. The summed E-state index contributed by atoms with van der Waals surface area (Å²) in [7, 11) is 1.63. The number of benzene rings is 2. The second-order valence-electron chi connectivity index (χ2n) is 12.9. The third kappa shape index (κ3) is 6.57. The molecule has 0 bridgehead atoms. The second-order valence-corrected chi connectivity index (χ2v) is 15.2. The van der Waals surface area contributed by atoms with Crippen LogP contribution >= 0.6 is 39.3 Å². The highest BCUT2D eigenvalue weighted by Gasteiger charge is 2.81. The van der Waals surface area contributed by atoms with Gasteiger partial charge in [0.25, 0.3) is 0 Å². The molecule has 12 nitrogen and oxygen atoms in total. The molecule has 3 aliphatic rings. The van der Waals surface area contributed by atoms with E-state index in [1.54, 1.807) is 37.3 Å². The monoisotopic (exact) mass is 789 g/mol. The maximum absolute atomic E-state index is 12.3. The van der Waals surface area contributed by atoms with Crippen LogP contribution in [0.25, 0.3) is 0 Å². The number of epoxide rings is 1. The lowest BCUT2D eigenvalue weighted by Crippen LogP contribution is -2.60. The lowest BCUT2D eigenvalue weighted by molar-refractivity contribution is -0.121. The molecule has 3 fully saturated rings. The number of carbonyl (C=O) groups excluding carboxylic acids is 1. The molecule has 4 aromatic rings. The van der Waals surface area contributed by atoms with E-state index in [0.717, 1.165) is 15.6 Å². The zero-order chi connectivity index (χ0) is 35.8. The van der Waals surface area contributed by atoms with Crippen LogP contribution in [0.15, 0.2) is 89.9 Å². The first-order valence-electron chi connectivity index (χ1n) is 16.5. The average Bonchev–Trinajstić information content (AvgIpc) is 3.61. The molecule has 6 atom stereocenters. The van der Waals surface area contributed by atoms with E-state index >= 15 is 0 Å². The maximum atomic E-state index is 12.3. The Bertz CT molecular complexity index is 1890. The van der Waals surface area contributed by atoms with E-state index in [4.69, 9.17) is 36.8 Å². The summed E-state index contributed by atoms with van der Waals surface area (Å²) in [6.45, 7) is 2.25. The van der Waals surface area contributed by atoms with Crippen LogP contribution < -0.4 is 20.9 Å². The van der Waals surface area contributed by atoms with Gasteiger partial charge in [-0.3, -0.25) is 14.7 Å². The van der Waals surface area contributed by atoms with Gasteiger partial charge in [-0.2, -0.15) is 5.26 Å². The van der Waals surface area contributed by atoms with Crippen molar-refractivity contribution < 1.29 is 14.3 Å². The minimum absolute atomic E-state index is 0.0148. The van der Waals surface area contributed by atoms with Gasteiger partial charge in [0.15, 0.2) is 0 Å². The van der Waals surface area contributed by atoms with Gasteiger partial charge in [-0.1, -0.05) is 51.8 Å². The van der Waals surface area contributed by atoms with Crippen molar-refractivity contribution in [2.24, 2.45) is 5.73 Å². The van der Waals surface area contributed by atoms with Crippen molar-refractivity contribution in [3.63, 3.8) is 0 Å². The molecule has 0 radical (unpaired) electrons. The number of hydrogen-bond acceptors (Lipinski definition) is 12. The minimum atomic E-state index is -1.28. The Morgan fingerprint density at radius 2 is 1.96 bits per heavy atom. The van der Waals surface area contributed by atoms with Crippen molar-refractivity contribution in [3.05, 3.63) is 112 Å². The van der Waals surface area contributed by atoms with Gasteiger partial charge in [-0.15, -0.1) is 11.8 Å². The molecule has 264 valence electrons. The highest BCUT2D eigenvalue weighted by Crippen LogP contribution is 2.67. The number of nitriles is 1. The number of nitrogens with zero attached hydrogens (tertiary/aromatic N) is 7. The van der Waals surface area contributed by atoms with E-state index in [2.05, 4.69) is 61.3 Å². The van der Waals surface area contributed by atoms with Gasteiger partial charge in [0, 0.05) is 52.2 Å². The van der Waals surface area contributed by atoms with Crippen LogP contribution in [0.5, 0.6) is 5.75 Å². The fraction of sp³-hybridized carbons (Fsp3) is 0.361. The van der Waals surface area contributed by atoms with Crippen molar-refractivity contribution in [3.8, 4) is 11.8 Å². The zero-order valence-electron chi connectivity index (χ0n) is 28.0. The minimum Gasteiger partial charge on any atom is -0.497 e. The Morgan fingerprint density at radius 3 is 2.61 bits per heavy atom. The molecule has 3 saturated heterocycles. The Morgan fingerprint density at radius 1 is 1.18 bits per heavy atom. The third-order valence-corrected chi connectivity index (χ3v) is 11.6. The number of amides is 1. The van der Waals surface area contributed by atoms with Crippen LogP contribution in [0.3, 0.4) is 0 Å². The van der Waals surface area contributed by atoms with Crippen LogP contribution in [0.4, 0.5) is 5.82 Å². The fourth-order valence-corrected chi connectivity index (χ4v) is 9.00. The molecule has 0 saturated carbocycles. The number of thioether (sulfide) groups is 1. The van der Waals surface area contributed by atoms with Crippen LogP contribution in [0.2, 0.25) is 5.02 Å². The van der Waals surface area contributed by atoms with Gasteiger partial charge in [0.2, 0.25) is 17.4 Å². The zero-order valence-corrected chi connectivity index (χ0v) is 31.2. The van der Waals surface area contributed by atoms with E-state index < -0.39 is 17.5 Å². The number of carbonyl (C=O) groups is 1. The normalized spacial score (nSPS) is 27.8. The highest BCUT2D eigenvalue weighted by atomic mass is 79.9. The molecule has 3 N–H and O–H groups in total. The standard InChI is InChI=1S/C36H37BrClN9O3S/c1-23-15-28(16-31(45(23)19-33(40)48)24-3-7-26(37)8-4-24)44-47(34-12-9-27(38)18-42-34)35(25-5-10-30(49-2)11-6-25)36(50-35,32-13-14-41-21-43-32)46-22-51-20-29(46)17-39/h3-14,18,21,23,28-29,31,44H,15-16,19-20,22H2,1-2H3,(H2,40,48). The summed E-state index contributed by atoms with van der Waals surface area (Å²) in [5.41, 5.74) is 9.61. The van der Waals surface area contributed by atoms with Crippen molar-refractivity contribution in [1.82, 2.24) is 30.2 Å². The molecule has 2 aromatic heterocycles. The van der Waals surface area contributed by atoms with E-state index in [-0.39, 0.29) is 30.6 Å². The number of nitrogens with one attached hydrogen (secondary N) is 1. The number of pyridine rings is 1. The number of ether oxygens (including phenoxy) is 2. The van der Waals surface area contributed by atoms with Gasteiger partial charge in [0.05, 0.1) is 30.4 Å². The van der Waals surface area contributed by atoms with Crippen molar-refractivity contribution in [2.45, 2.75) is 55.4 Å². The van der Waals surface area contributed by atoms with Gasteiger partial charge in [-0.25, -0.2) is 25.3 Å². The topological polar surface area (TPSA) is 149 Å².